The van der Waals surface area contributed by atoms with E-state index in [4.69, 9.17) is 28.4 Å². The molecule has 1 aromatic heterocycles. The van der Waals surface area contributed by atoms with Gasteiger partial charge in [-0.1, -0.05) is 41.6 Å². The van der Waals surface area contributed by atoms with Gasteiger partial charge in [0.25, 0.3) is 5.91 Å². The van der Waals surface area contributed by atoms with Crippen molar-refractivity contribution in [3.8, 4) is 34.1 Å². The van der Waals surface area contributed by atoms with Crippen molar-refractivity contribution in [2.75, 3.05) is 20.8 Å². The van der Waals surface area contributed by atoms with Gasteiger partial charge >= 0.3 is 6.09 Å². The van der Waals surface area contributed by atoms with Gasteiger partial charge in [0.2, 0.25) is 0 Å². The van der Waals surface area contributed by atoms with Gasteiger partial charge in [-0.3, -0.25) is 14.4 Å². The van der Waals surface area contributed by atoms with Crippen LogP contribution in [-0.4, -0.2) is 166 Å². The summed E-state index contributed by atoms with van der Waals surface area (Å²) in [4.78, 5) is 57.1. The molecule has 10 N–H and O–H groups in total. The predicted octanol–water partition coefficient (Wildman–Crippen LogP) is 0.678. The molecule has 11 atom stereocenters. The number of ketones is 2. The minimum Gasteiger partial charge on any atom is -0.507 e. The van der Waals surface area contributed by atoms with Gasteiger partial charge in [-0.15, -0.1) is 10.2 Å². The maximum atomic E-state index is 14.3. The molecule has 24 nitrogen and oxygen atoms in total. The van der Waals surface area contributed by atoms with Crippen LogP contribution in [0.3, 0.4) is 0 Å². The van der Waals surface area contributed by atoms with Crippen LogP contribution in [0.25, 0.3) is 11.1 Å². The molecule has 71 heavy (non-hydrogen) atoms. The second kappa shape index (κ2) is 19.2. The monoisotopic (exact) mass is 984 g/mol. The van der Waals surface area contributed by atoms with Crippen molar-refractivity contribution in [1.82, 2.24) is 30.8 Å². The van der Waals surface area contributed by atoms with E-state index >= 15 is 0 Å². The van der Waals surface area contributed by atoms with Crippen LogP contribution in [0.5, 0.6) is 23.0 Å². The number of benzene rings is 4. The number of hydrogen-bond donors (Lipinski definition) is 10. The van der Waals surface area contributed by atoms with Crippen LogP contribution in [0, 0.1) is 6.92 Å². The van der Waals surface area contributed by atoms with E-state index in [2.05, 4.69) is 25.9 Å². The molecule has 0 bridgehead atoms. The summed E-state index contributed by atoms with van der Waals surface area (Å²) in [6.45, 7) is 2.05. The number of phenols is 3. The summed E-state index contributed by atoms with van der Waals surface area (Å²) in [6, 6.07) is 12.2. The Morgan fingerprint density at radius 3 is 2.27 bits per heavy atom. The molecular weight excluding hydrogens is 937 g/mol. The smallest absolute Gasteiger partial charge is 0.410 e. The summed E-state index contributed by atoms with van der Waals surface area (Å²) in [6.07, 6.45) is -18.0. The first-order valence-electron chi connectivity index (χ1n) is 22.1. The zero-order valence-electron chi connectivity index (χ0n) is 38.1. The first kappa shape index (κ1) is 48.9. The molecule has 2 aliphatic carbocycles. The summed E-state index contributed by atoms with van der Waals surface area (Å²) < 4.78 is 35.2. The third-order valence-corrected chi connectivity index (χ3v) is 13.1. The van der Waals surface area contributed by atoms with E-state index < -0.39 is 132 Å². The van der Waals surface area contributed by atoms with Gasteiger partial charge in [-0.2, -0.15) is 5.21 Å². The van der Waals surface area contributed by atoms with Crippen molar-refractivity contribution < 1.29 is 88.5 Å². The Hall–Kier alpha value is -7.13. The number of aromatic amines is 1. The number of amides is 2. The number of aliphatic hydroxyl groups is 5. The molecule has 4 aromatic carbocycles. The standard InChI is InChI=1S/C47H48N6O18/c1-17-10-24-31(38(60)28(17)44(64)48-14-27-49-51-52-50-27)30-22(13-23-32(39(30)61)35(57)21-11-20(66-4)12-25(54)29(21)34(23)56)36(58)42(24)70-46-41(63)43(71-45-40(62)37(59)26(55)16-67-45)33(18(2)69-46)53(3)47(65)68-15-19-8-6-5-7-9-19/h5-13,18,26,33,36-37,40-43,45-46,54-55,58-63H,14-16H2,1-4H3,(H,48,64)(H,49,50,51,52)/t18-,26-,33+,36+,37+,40-,41-,42+,43+,45+,46+/m1/s1. The lowest BCUT2D eigenvalue weighted by Gasteiger charge is -2.49. The lowest BCUT2D eigenvalue weighted by Crippen LogP contribution is -2.66. The topological polar surface area (TPSA) is 355 Å². The highest BCUT2D eigenvalue weighted by Gasteiger charge is 2.53. The number of likely N-dealkylation sites (N-methyl/N-ethyl adjacent to an activating group) is 1. The molecule has 0 spiro atoms. The molecule has 9 rings (SSSR count). The van der Waals surface area contributed by atoms with Gasteiger partial charge < -0.3 is 79.5 Å². The zero-order valence-corrected chi connectivity index (χ0v) is 38.1. The second-order valence-corrected chi connectivity index (χ2v) is 17.4. The van der Waals surface area contributed by atoms with Gasteiger partial charge in [0.05, 0.1) is 49.1 Å². The van der Waals surface area contributed by atoms with Gasteiger partial charge in [-0.25, -0.2) is 4.79 Å². The molecule has 3 heterocycles. The number of H-pyrrole nitrogens is 1. The maximum absolute atomic E-state index is 14.3. The Labute approximate surface area is 401 Å². The van der Waals surface area contributed by atoms with E-state index in [1.165, 1.54) is 40.1 Å². The molecule has 24 heteroatoms. The Morgan fingerprint density at radius 2 is 1.56 bits per heavy atom. The largest absolute Gasteiger partial charge is 0.507 e. The first-order valence-corrected chi connectivity index (χ1v) is 22.1. The second-order valence-electron chi connectivity index (χ2n) is 17.4. The van der Waals surface area contributed by atoms with Gasteiger partial charge in [0, 0.05) is 35.4 Å². The number of aryl methyl sites for hydroxylation is 1. The number of fused-ring (bicyclic) bond motifs is 5. The van der Waals surface area contributed by atoms with Crippen molar-refractivity contribution in [1.29, 1.82) is 0 Å². The maximum Gasteiger partial charge on any atom is 0.410 e. The van der Waals surface area contributed by atoms with Crippen LogP contribution >= 0.6 is 0 Å². The number of carbonyl (C=O) groups is 4. The molecule has 2 aliphatic heterocycles. The lowest BCUT2D eigenvalue weighted by atomic mass is 9.74. The van der Waals surface area contributed by atoms with E-state index in [1.54, 1.807) is 30.3 Å². The van der Waals surface area contributed by atoms with Crippen LogP contribution < -0.4 is 10.1 Å². The predicted molar refractivity (Wildman–Crippen MR) is 237 cm³/mol. The van der Waals surface area contributed by atoms with Crippen LogP contribution in [0.15, 0.2) is 54.6 Å². The highest BCUT2D eigenvalue weighted by Crippen LogP contribution is 2.57. The fourth-order valence-electron chi connectivity index (χ4n) is 9.53. The van der Waals surface area contributed by atoms with Crippen LogP contribution in [0.1, 0.15) is 89.4 Å². The highest BCUT2D eigenvalue weighted by atomic mass is 16.7. The Bertz CT molecular complexity index is 2900. The number of aromatic nitrogens is 4. The van der Waals surface area contributed by atoms with Crippen LogP contribution in [0.4, 0.5) is 4.79 Å². The third-order valence-electron chi connectivity index (χ3n) is 13.1. The molecule has 2 fully saturated rings. The van der Waals surface area contributed by atoms with Crippen molar-refractivity contribution in [2.24, 2.45) is 0 Å². The highest BCUT2D eigenvalue weighted by molar-refractivity contribution is 6.31. The Kier molecular flexibility index (Phi) is 13.2. The number of nitrogens with zero attached hydrogens (tertiary/aromatic N) is 4. The van der Waals surface area contributed by atoms with Crippen LogP contribution in [0.2, 0.25) is 0 Å². The average molecular weight is 985 g/mol. The summed E-state index contributed by atoms with van der Waals surface area (Å²) >= 11 is 0. The van der Waals surface area contributed by atoms with Gasteiger partial charge in [0.1, 0.15) is 72.3 Å². The number of rotatable bonds is 11. The Balaban J connectivity index is 1.13. The summed E-state index contributed by atoms with van der Waals surface area (Å²) in [5, 5.41) is 108. The number of tetrazole rings is 1. The molecule has 5 aromatic rings. The molecule has 0 unspecified atom stereocenters. The third kappa shape index (κ3) is 8.57. The van der Waals surface area contributed by atoms with Crippen molar-refractivity contribution in [3.05, 3.63) is 110 Å². The number of carbonyl (C=O) groups excluding carboxylic acids is 4. The summed E-state index contributed by atoms with van der Waals surface area (Å²) in [5.41, 5.74) is -2.50. The first-order chi connectivity index (χ1) is 33.9. The van der Waals surface area contributed by atoms with E-state index in [-0.39, 0.29) is 63.7 Å². The molecular formula is C47H48N6O18. The molecule has 4 aliphatic rings. The number of ether oxygens (including phenoxy) is 6. The minimum atomic E-state index is -1.98. The SMILES string of the molecule is COc1cc(O)c2c(c1)C(=O)c1c(cc3c(c1O)-c1c(cc(C)c(C(=O)NCc4nn[nH]n4)c1O)[C@H](O[C@@H]1O[C@H](C)[C@H](N(C)C(=O)OCc4ccccc4)[C@H](O[C@@H]4OC[C@@H](O)[C@H](O)[C@H]4O)[C@H]1O)[C@H]3O)C2=O. The van der Waals surface area contributed by atoms with Crippen molar-refractivity contribution in [3.63, 3.8) is 0 Å². The van der Waals surface area contributed by atoms with E-state index in [0.29, 0.717) is 5.56 Å². The fourth-order valence-corrected chi connectivity index (χ4v) is 9.53. The van der Waals surface area contributed by atoms with E-state index in [9.17, 15) is 60.0 Å². The number of methoxy groups -OCH3 is 1. The number of aromatic hydroxyl groups is 3. The van der Waals surface area contributed by atoms with Crippen molar-refractivity contribution in [2.45, 2.75) is 94.5 Å². The average Bonchev–Trinajstić information content (AvgIpc) is 3.88. The Morgan fingerprint density at radius 1 is 0.859 bits per heavy atom. The number of phenolic OH excluding ortho intramolecular Hbond substituents is 3. The minimum absolute atomic E-state index is 0.0162. The van der Waals surface area contributed by atoms with Crippen molar-refractivity contribution >= 4 is 23.6 Å². The normalized spacial score (nSPS) is 26.6. The molecule has 0 radical (unpaired) electrons. The molecule has 2 saturated heterocycles. The summed E-state index contributed by atoms with van der Waals surface area (Å²) in [5.74, 6) is -4.90. The zero-order chi connectivity index (χ0) is 50.7. The van der Waals surface area contributed by atoms with Gasteiger partial charge in [0.15, 0.2) is 30.0 Å². The van der Waals surface area contributed by atoms with E-state index in [1.807, 2.05) is 0 Å². The molecule has 0 saturated carbocycles. The number of hydrogen-bond acceptors (Lipinski definition) is 21. The van der Waals surface area contributed by atoms with E-state index in [0.717, 1.165) is 17.0 Å². The number of nitrogens with one attached hydrogen (secondary N) is 2. The summed E-state index contributed by atoms with van der Waals surface area (Å²) in [7, 11) is 2.61. The number of aliphatic hydroxyl groups excluding tert-OH is 5. The van der Waals surface area contributed by atoms with Gasteiger partial charge in [-0.05, 0) is 48.2 Å². The van der Waals surface area contributed by atoms with Crippen LogP contribution in [-0.2, 0) is 36.8 Å². The quantitative estimate of drug-likeness (QED) is 0.0853. The fraction of sp³-hybridized carbons (Fsp3) is 0.383. The molecule has 374 valence electrons. The molecule has 2 amide bonds. The lowest BCUT2D eigenvalue weighted by molar-refractivity contribution is -0.344.